The van der Waals surface area contributed by atoms with Gasteiger partial charge in [0.2, 0.25) is 0 Å². The summed E-state index contributed by atoms with van der Waals surface area (Å²) < 4.78 is 11.1. The van der Waals surface area contributed by atoms with Gasteiger partial charge in [-0.05, 0) is 38.4 Å². The van der Waals surface area contributed by atoms with E-state index in [9.17, 15) is 0 Å². The molecular weight excluding hydrogens is 240 g/mol. The van der Waals surface area contributed by atoms with Crippen LogP contribution < -0.4 is 5.32 Å². The predicted octanol–water partition coefficient (Wildman–Crippen LogP) is 2.39. The van der Waals surface area contributed by atoms with Gasteiger partial charge in [-0.25, -0.2) is 0 Å². The van der Waals surface area contributed by atoms with Gasteiger partial charge in [0.25, 0.3) is 0 Å². The lowest BCUT2D eigenvalue weighted by atomic mass is 10.2. The number of nitrogens with zero attached hydrogens (tertiary/aromatic N) is 1. The van der Waals surface area contributed by atoms with Crippen LogP contribution in [0.5, 0.6) is 0 Å². The van der Waals surface area contributed by atoms with Crippen molar-refractivity contribution in [1.29, 1.82) is 0 Å². The molecule has 1 atom stereocenters. The van der Waals surface area contributed by atoms with E-state index in [1.807, 2.05) is 0 Å². The Morgan fingerprint density at radius 3 is 2.79 bits per heavy atom. The zero-order valence-corrected chi connectivity index (χ0v) is 12.3. The highest BCUT2D eigenvalue weighted by molar-refractivity contribution is 5.07. The summed E-state index contributed by atoms with van der Waals surface area (Å²) in [6, 6.07) is 5.31. The highest BCUT2D eigenvalue weighted by Crippen LogP contribution is 2.20. The van der Waals surface area contributed by atoms with Crippen LogP contribution in [0.4, 0.5) is 0 Å². The van der Waals surface area contributed by atoms with Crippen LogP contribution in [0.2, 0.25) is 0 Å². The number of hydrogen-bond acceptors (Lipinski definition) is 4. The molecule has 1 fully saturated rings. The number of furan rings is 1. The molecule has 1 heterocycles. The molecule has 4 nitrogen and oxygen atoms in total. The van der Waals surface area contributed by atoms with E-state index in [0.717, 1.165) is 43.8 Å². The van der Waals surface area contributed by atoms with Gasteiger partial charge in [-0.15, -0.1) is 0 Å². The minimum atomic E-state index is 0.410. The fourth-order valence-electron chi connectivity index (χ4n) is 2.26. The maximum absolute atomic E-state index is 5.88. The fourth-order valence-corrected chi connectivity index (χ4v) is 2.26. The summed E-state index contributed by atoms with van der Waals surface area (Å²) in [6.45, 7) is 7.82. The predicted molar refractivity (Wildman–Crippen MR) is 76.0 cm³/mol. The molecule has 4 heteroatoms. The second-order valence-electron chi connectivity index (χ2n) is 5.39. The highest BCUT2D eigenvalue weighted by Gasteiger charge is 2.20. The van der Waals surface area contributed by atoms with Gasteiger partial charge in [0.05, 0.1) is 19.7 Å². The molecule has 0 spiro atoms. The molecule has 0 amide bonds. The Labute approximate surface area is 116 Å². The standard InChI is InChI=1S/C15H26N2O2/c1-4-17(12(2)11-18-3)10-15-8-7-14(19-15)9-16-13-5-6-13/h7-8,12-13,16H,4-6,9-11H2,1-3H3. The van der Waals surface area contributed by atoms with E-state index < -0.39 is 0 Å². The normalized spacial score (nSPS) is 17.1. The minimum absolute atomic E-state index is 0.410. The van der Waals surface area contributed by atoms with Crippen LogP contribution in [0.15, 0.2) is 16.5 Å². The molecule has 0 aliphatic heterocycles. The quantitative estimate of drug-likeness (QED) is 0.745. The van der Waals surface area contributed by atoms with E-state index in [1.54, 1.807) is 7.11 Å². The molecule has 0 aromatic carbocycles. The third kappa shape index (κ3) is 4.64. The van der Waals surface area contributed by atoms with E-state index in [-0.39, 0.29) is 0 Å². The Morgan fingerprint density at radius 2 is 2.16 bits per heavy atom. The Kier molecular flexibility index (Phi) is 5.43. The Bertz CT molecular complexity index is 374. The number of hydrogen-bond donors (Lipinski definition) is 1. The lowest BCUT2D eigenvalue weighted by Crippen LogP contribution is -2.35. The molecule has 1 aromatic rings. The van der Waals surface area contributed by atoms with E-state index in [1.165, 1.54) is 12.8 Å². The van der Waals surface area contributed by atoms with Crippen LogP contribution in [0.3, 0.4) is 0 Å². The second kappa shape index (κ2) is 7.08. The van der Waals surface area contributed by atoms with Gasteiger partial charge in [0.15, 0.2) is 0 Å². The molecule has 1 aromatic heterocycles. The number of nitrogens with one attached hydrogen (secondary N) is 1. The Balaban J connectivity index is 1.82. The van der Waals surface area contributed by atoms with Gasteiger partial charge in [-0.2, -0.15) is 0 Å². The van der Waals surface area contributed by atoms with Crippen molar-refractivity contribution in [1.82, 2.24) is 10.2 Å². The fraction of sp³-hybridized carbons (Fsp3) is 0.733. The summed E-state index contributed by atoms with van der Waals surface area (Å²) in [5, 5.41) is 3.47. The van der Waals surface area contributed by atoms with Crippen LogP contribution in [0.1, 0.15) is 38.2 Å². The Morgan fingerprint density at radius 1 is 1.42 bits per heavy atom. The van der Waals surface area contributed by atoms with Crippen molar-refractivity contribution in [3.63, 3.8) is 0 Å². The first-order valence-corrected chi connectivity index (χ1v) is 7.27. The van der Waals surface area contributed by atoms with Gasteiger partial charge in [-0.3, -0.25) is 4.90 Å². The van der Waals surface area contributed by atoms with E-state index in [2.05, 4.69) is 36.2 Å². The zero-order valence-electron chi connectivity index (χ0n) is 12.3. The minimum Gasteiger partial charge on any atom is -0.463 e. The van der Waals surface area contributed by atoms with Crippen LogP contribution in [-0.4, -0.2) is 37.2 Å². The van der Waals surface area contributed by atoms with Crippen molar-refractivity contribution < 1.29 is 9.15 Å². The van der Waals surface area contributed by atoms with Crippen LogP contribution in [-0.2, 0) is 17.8 Å². The number of rotatable bonds is 9. The summed E-state index contributed by atoms with van der Waals surface area (Å²) in [6.07, 6.45) is 2.62. The molecule has 0 bridgehead atoms. The molecule has 0 radical (unpaired) electrons. The average molecular weight is 266 g/mol. The van der Waals surface area contributed by atoms with Gasteiger partial charge in [0.1, 0.15) is 11.5 Å². The van der Waals surface area contributed by atoms with Gasteiger partial charge in [0, 0.05) is 19.2 Å². The zero-order chi connectivity index (χ0) is 13.7. The molecule has 1 aliphatic carbocycles. The molecule has 1 aliphatic rings. The molecule has 1 unspecified atom stereocenters. The van der Waals surface area contributed by atoms with E-state index >= 15 is 0 Å². The van der Waals surface area contributed by atoms with Gasteiger partial charge in [-0.1, -0.05) is 6.92 Å². The van der Waals surface area contributed by atoms with Crippen molar-refractivity contribution in [3.05, 3.63) is 23.7 Å². The van der Waals surface area contributed by atoms with Crippen molar-refractivity contribution >= 4 is 0 Å². The first kappa shape index (κ1) is 14.6. The lowest BCUT2D eigenvalue weighted by molar-refractivity contribution is 0.0933. The largest absolute Gasteiger partial charge is 0.463 e. The molecule has 2 rings (SSSR count). The summed E-state index contributed by atoms with van der Waals surface area (Å²) in [7, 11) is 1.75. The molecule has 108 valence electrons. The molecule has 1 saturated carbocycles. The highest BCUT2D eigenvalue weighted by atomic mass is 16.5. The molecule has 19 heavy (non-hydrogen) atoms. The van der Waals surface area contributed by atoms with E-state index in [4.69, 9.17) is 9.15 Å². The SMILES string of the molecule is CCN(Cc1ccc(CNC2CC2)o1)C(C)COC. The first-order valence-electron chi connectivity index (χ1n) is 7.27. The molecule has 1 N–H and O–H groups in total. The van der Waals surface area contributed by atoms with Gasteiger partial charge >= 0.3 is 0 Å². The van der Waals surface area contributed by atoms with Crippen molar-refractivity contribution in [2.75, 3.05) is 20.3 Å². The molecular formula is C15H26N2O2. The second-order valence-corrected chi connectivity index (χ2v) is 5.39. The Hall–Kier alpha value is -0.840. The van der Waals surface area contributed by atoms with Crippen molar-refractivity contribution in [2.45, 2.75) is 51.9 Å². The number of methoxy groups -OCH3 is 1. The van der Waals surface area contributed by atoms with E-state index in [0.29, 0.717) is 6.04 Å². The van der Waals surface area contributed by atoms with Crippen LogP contribution in [0, 0.1) is 0 Å². The van der Waals surface area contributed by atoms with Gasteiger partial charge < -0.3 is 14.5 Å². The average Bonchev–Trinajstić information content (AvgIpc) is 3.13. The summed E-state index contributed by atoms with van der Waals surface area (Å²) in [4.78, 5) is 2.36. The number of likely N-dealkylation sites (N-methyl/N-ethyl adjacent to an activating group) is 1. The first-order chi connectivity index (χ1) is 9.22. The van der Waals surface area contributed by atoms with Crippen LogP contribution in [0.25, 0.3) is 0 Å². The lowest BCUT2D eigenvalue weighted by Gasteiger charge is -2.26. The summed E-state index contributed by atoms with van der Waals surface area (Å²) in [5.41, 5.74) is 0. The molecule has 0 saturated heterocycles. The van der Waals surface area contributed by atoms with Crippen LogP contribution >= 0.6 is 0 Å². The number of ether oxygens (including phenoxy) is 1. The van der Waals surface area contributed by atoms with Crippen molar-refractivity contribution in [2.24, 2.45) is 0 Å². The maximum atomic E-state index is 5.88. The third-order valence-electron chi connectivity index (χ3n) is 3.66. The maximum Gasteiger partial charge on any atom is 0.118 e. The third-order valence-corrected chi connectivity index (χ3v) is 3.66. The summed E-state index contributed by atoms with van der Waals surface area (Å²) >= 11 is 0. The topological polar surface area (TPSA) is 37.6 Å². The van der Waals surface area contributed by atoms with Crippen molar-refractivity contribution in [3.8, 4) is 0 Å². The smallest absolute Gasteiger partial charge is 0.118 e. The summed E-state index contributed by atoms with van der Waals surface area (Å²) in [5.74, 6) is 2.08. The monoisotopic (exact) mass is 266 g/mol.